The van der Waals surface area contributed by atoms with Crippen LogP contribution in [-0.2, 0) is 0 Å². The van der Waals surface area contributed by atoms with Gasteiger partial charge in [-0.15, -0.1) is 0 Å². The highest BCUT2D eigenvalue weighted by Crippen LogP contribution is 2.65. The first-order valence-corrected chi connectivity index (χ1v) is 12.6. The van der Waals surface area contributed by atoms with Gasteiger partial charge in [-0.3, -0.25) is 0 Å². The first-order chi connectivity index (χ1) is 13.8. The van der Waals surface area contributed by atoms with E-state index in [9.17, 15) is 5.11 Å². The lowest BCUT2D eigenvalue weighted by molar-refractivity contribution is 0.0431. The fourth-order valence-corrected chi connectivity index (χ4v) is 7.32. The Kier molecular flexibility index (Phi) is 7.19. The van der Waals surface area contributed by atoms with Crippen LogP contribution in [0, 0.1) is 28.6 Å². The molecule has 0 amide bonds. The van der Waals surface area contributed by atoms with Crippen LogP contribution in [0.15, 0.2) is 34.9 Å². The minimum absolute atomic E-state index is 0.107. The molecule has 0 heterocycles. The Morgan fingerprint density at radius 3 is 2.52 bits per heavy atom. The number of unbranched alkanes of at least 4 members (excludes halogenated alkanes) is 1. The molecule has 6 atom stereocenters. The second kappa shape index (κ2) is 9.13. The highest BCUT2D eigenvalue weighted by molar-refractivity contribution is 5.38. The summed E-state index contributed by atoms with van der Waals surface area (Å²) in [4.78, 5) is 0. The van der Waals surface area contributed by atoms with Crippen LogP contribution in [-0.4, -0.2) is 11.2 Å². The van der Waals surface area contributed by atoms with Crippen molar-refractivity contribution in [2.75, 3.05) is 0 Å². The maximum absolute atomic E-state index is 10.2. The molecule has 0 saturated heterocycles. The summed E-state index contributed by atoms with van der Waals surface area (Å²) in [6.07, 6.45) is 20.0. The molecular formula is C28H46O. The SMILES string of the molecule is CC.CC(C)=CCCCC1CC[C@H]2C3=CC=C4CC(O)CCC4(C)C3CCC12C. The lowest BCUT2D eigenvalue weighted by atomic mass is 9.50. The van der Waals surface area contributed by atoms with Gasteiger partial charge < -0.3 is 5.11 Å². The summed E-state index contributed by atoms with van der Waals surface area (Å²) in [7, 11) is 0. The van der Waals surface area contributed by atoms with E-state index in [2.05, 4.69) is 45.9 Å². The topological polar surface area (TPSA) is 20.2 Å². The number of hydrogen-bond acceptors (Lipinski definition) is 1. The second-order valence-electron chi connectivity index (χ2n) is 10.8. The normalized spacial score (nSPS) is 40.4. The van der Waals surface area contributed by atoms with Gasteiger partial charge in [0.25, 0.3) is 0 Å². The van der Waals surface area contributed by atoms with Crippen molar-refractivity contribution in [3.05, 3.63) is 34.9 Å². The zero-order valence-corrected chi connectivity index (χ0v) is 20.1. The summed E-state index contributed by atoms with van der Waals surface area (Å²) in [6.45, 7) is 13.6. The van der Waals surface area contributed by atoms with Crippen molar-refractivity contribution < 1.29 is 5.11 Å². The number of allylic oxidation sites excluding steroid dienone is 5. The van der Waals surface area contributed by atoms with Crippen LogP contribution in [0.5, 0.6) is 0 Å². The van der Waals surface area contributed by atoms with Gasteiger partial charge in [0.2, 0.25) is 0 Å². The van der Waals surface area contributed by atoms with Crippen molar-refractivity contribution >= 4 is 0 Å². The molecule has 0 radical (unpaired) electrons. The van der Waals surface area contributed by atoms with Crippen LogP contribution in [0.1, 0.15) is 106 Å². The summed E-state index contributed by atoms with van der Waals surface area (Å²) in [5.41, 5.74) is 5.65. The molecule has 0 aromatic heterocycles. The number of fused-ring (bicyclic) bond motifs is 5. The lowest BCUT2D eigenvalue weighted by Gasteiger charge is -2.54. The molecule has 3 fully saturated rings. The van der Waals surface area contributed by atoms with Crippen molar-refractivity contribution in [2.24, 2.45) is 28.6 Å². The molecule has 164 valence electrons. The molecule has 1 nitrogen and oxygen atoms in total. The third kappa shape index (κ3) is 4.18. The van der Waals surface area contributed by atoms with E-state index in [-0.39, 0.29) is 6.10 Å². The number of hydrogen-bond donors (Lipinski definition) is 1. The van der Waals surface area contributed by atoms with Crippen LogP contribution in [0.3, 0.4) is 0 Å². The Labute approximate surface area is 180 Å². The zero-order valence-electron chi connectivity index (χ0n) is 20.1. The van der Waals surface area contributed by atoms with Gasteiger partial charge in [0, 0.05) is 0 Å². The summed E-state index contributed by atoms with van der Waals surface area (Å²) in [5, 5.41) is 10.2. The number of aliphatic hydroxyl groups is 1. The molecule has 0 spiro atoms. The predicted octanol–water partition coefficient (Wildman–Crippen LogP) is 8.01. The van der Waals surface area contributed by atoms with Crippen LogP contribution in [0.25, 0.3) is 0 Å². The fourth-order valence-electron chi connectivity index (χ4n) is 7.32. The Balaban J connectivity index is 0.00000117. The number of aliphatic hydroxyl groups excluding tert-OH is 1. The monoisotopic (exact) mass is 398 g/mol. The van der Waals surface area contributed by atoms with Crippen LogP contribution >= 0.6 is 0 Å². The molecule has 0 aliphatic heterocycles. The Hall–Kier alpha value is -0.820. The molecular weight excluding hydrogens is 352 g/mol. The van der Waals surface area contributed by atoms with Crippen molar-refractivity contribution in [2.45, 2.75) is 112 Å². The minimum Gasteiger partial charge on any atom is -0.393 e. The van der Waals surface area contributed by atoms with Crippen molar-refractivity contribution in [3.8, 4) is 0 Å². The predicted molar refractivity (Wildman–Crippen MR) is 126 cm³/mol. The molecule has 1 N–H and O–H groups in total. The molecule has 4 aliphatic carbocycles. The van der Waals surface area contributed by atoms with Gasteiger partial charge in [-0.05, 0) is 107 Å². The Morgan fingerprint density at radius 1 is 1.03 bits per heavy atom. The molecule has 5 unspecified atom stereocenters. The maximum atomic E-state index is 10.2. The third-order valence-corrected chi connectivity index (χ3v) is 9.05. The molecule has 0 aromatic carbocycles. The van der Waals surface area contributed by atoms with Gasteiger partial charge in [0.05, 0.1) is 6.10 Å². The van der Waals surface area contributed by atoms with Crippen molar-refractivity contribution in [1.82, 2.24) is 0 Å². The van der Waals surface area contributed by atoms with Gasteiger partial charge in [0.1, 0.15) is 0 Å². The van der Waals surface area contributed by atoms with Crippen molar-refractivity contribution in [1.29, 1.82) is 0 Å². The Morgan fingerprint density at radius 2 is 1.79 bits per heavy atom. The van der Waals surface area contributed by atoms with Gasteiger partial charge >= 0.3 is 0 Å². The molecule has 4 rings (SSSR count). The van der Waals surface area contributed by atoms with E-state index in [1.807, 2.05) is 13.8 Å². The first-order valence-electron chi connectivity index (χ1n) is 12.6. The van der Waals surface area contributed by atoms with Gasteiger partial charge in [-0.2, -0.15) is 0 Å². The van der Waals surface area contributed by atoms with E-state index >= 15 is 0 Å². The van der Waals surface area contributed by atoms with Crippen LogP contribution in [0.4, 0.5) is 0 Å². The van der Waals surface area contributed by atoms with E-state index in [0.717, 1.165) is 30.6 Å². The molecule has 0 aromatic rings. The summed E-state index contributed by atoms with van der Waals surface area (Å²) in [6, 6.07) is 0. The molecule has 3 saturated carbocycles. The zero-order chi connectivity index (χ0) is 21.2. The summed E-state index contributed by atoms with van der Waals surface area (Å²) >= 11 is 0. The molecule has 4 aliphatic rings. The standard InChI is InChI=1S/C26H40O.C2H6/c1-18(2)7-5-6-8-19-10-12-23-22-11-9-20-17-21(27)13-15-26(20,4)24(22)14-16-25(19,23)3;1-2/h7,9,11,19,21,23-24,27H,5-6,8,10,12-17H2,1-4H3;1-2H3/t19?,21?,23-,24?,25?,26?;/m0./s1. The largest absolute Gasteiger partial charge is 0.393 e. The maximum Gasteiger partial charge on any atom is 0.0578 e. The van der Waals surface area contributed by atoms with E-state index in [0.29, 0.717) is 10.8 Å². The van der Waals surface area contributed by atoms with Gasteiger partial charge in [0.15, 0.2) is 0 Å². The second-order valence-corrected chi connectivity index (χ2v) is 10.8. The smallest absolute Gasteiger partial charge is 0.0578 e. The summed E-state index contributed by atoms with van der Waals surface area (Å²) in [5.74, 6) is 2.47. The minimum atomic E-state index is -0.107. The average molecular weight is 399 g/mol. The lowest BCUT2D eigenvalue weighted by Crippen LogP contribution is -2.45. The molecule has 1 heteroatoms. The first kappa shape index (κ1) is 22.9. The van der Waals surface area contributed by atoms with E-state index < -0.39 is 0 Å². The van der Waals surface area contributed by atoms with Gasteiger partial charge in [-0.25, -0.2) is 0 Å². The van der Waals surface area contributed by atoms with Crippen molar-refractivity contribution in [3.63, 3.8) is 0 Å². The Bertz CT molecular complexity index is 664. The quantitative estimate of drug-likeness (QED) is 0.375. The molecule has 29 heavy (non-hydrogen) atoms. The summed E-state index contributed by atoms with van der Waals surface area (Å²) < 4.78 is 0. The van der Waals surface area contributed by atoms with Crippen LogP contribution in [0.2, 0.25) is 0 Å². The third-order valence-electron chi connectivity index (χ3n) is 9.05. The van der Waals surface area contributed by atoms with Gasteiger partial charge in [-0.1, -0.05) is 62.6 Å². The van der Waals surface area contributed by atoms with Crippen LogP contribution < -0.4 is 0 Å². The van der Waals surface area contributed by atoms with E-state index in [4.69, 9.17) is 0 Å². The highest BCUT2D eigenvalue weighted by Gasteiger charge is 2.55. The molecule has 0 bridgehead atoms. The fraction of sp³-hybridized carbons (Fsp3) is 0.786. The average Bonchev–Trinajstić information content (AvgIpc) is 3.03. The van der Waals surface area contributed by atoms with E-state index in [1.165, 1.54) is 62.5 Å². The number of rotatable bonds is 4. The highest BCUT2D eigenvalue weighted by atomic mass is 16.3. The van der Waals surface area contributed by atoms with E-state index in [1.54, 1.807) is 5.57 Å².